The molecule has 1 saturated carbocycles. The van der Waals surface area contributed by atoms with Crippen LogP contribution < -0.4 is 5.32 Å². The summed E-state index contributed by atoms with van der Waals surface area (Å²) in [5.41, 5.74) is 0. The lowest BCUT2D eigenvalue weighted by Crippen LogP contribution is -2.27. The molecule has 3 atom stereocenters. The van der Waals surface area contributed by atoms with E-state index in [-0.39, 0.29) is 0 Å². The Bertz CT molecular complexity index is 165. The van der Waals surface area contributed by atoms with Crippen molar-refractivity contribution in [2.45, 2.75) is 65.8 Å². The highest BCUT2D eigenvalue weighted by atomic mass is 14.9. The lowest BCUT2D eigenvalue weighted by molar-refractivity contribution is 0.206. The molecule has 0 aromatic carbocycles. The summed E-state index contributed by atoms with van der Waals surface area (Å²) in [5.74, 6) is 2.89. The minimum absolute atomic E-state index is 0.641. The number of rotatable bonds is 5. The van der Waals surface area contributed by atoms with Crippen LogP contribution >= 0.6 is 0 Å². The van der Waals surface area contributed by atoms with Crippen molar-refractivity contribution in [3.63, 3.8) is 0 Å². The van der Waals surface area contributed by atoms with Crippen LogP contribution in [0.4, 0.5) is 0 Å². The standard InChI is InChI=1S/C14H29N/c1-11(2)15-9-8-13(4)14-7-5-6-12(3)10-14/h11-15H,5-10H2,1-4H3. The Morgan fingerprint density at radius 2 is 1.93 bits per heavy atom. The molecule has 1 nitrogen and oxygen atoms in total. The van der Waals surface area contributed by atoms with E-state index in [1.165, 1.54) is 38.6 Å². The van der Waals surface area contributed by atoms with E-state index in [4.69, 9.17) is 0 Å². The van der Waals surface area contributed by atoms with Gasteiger partial charge in [-0.1, -0.05) is 47.0 Å². The summed E-state index contributed by atoms with van der Waals surface area (Å²) in [6.07, 6.45) is 7.24. The molecule has 0 aromatic heterocycles. The fraction of sp³-hybridized carbons (Fsp3) is 1.00. The predicted molar refractivity (Wildman–Crippen MR) is 68.0 cm³/mol. The van der Waals surface area contributed by atoms with Crippen LogP contribution in [0.3, 0.4) is 0 Å². The normalized spacial score (nSPS) is 29.4. The van der Waals surface area contributed by atoms with Gasteiger partial charge in [0.05, 0.1) is 0 Å². The highest BCUT2D eigenvalue weighted by Crippen LogP contribution is 2.34. The second kappa shape index (κ2) is 6.52. The second-order valence-corrected chi connectivity index (χ2v) is 5.91. The third-order valence-corrected chi connectivity index (χ3v) is 3.93. The van der Waals surface area contributed by atoms with Gasteiger partial charge >= 0.3 is 0 Å². The van der Waals surface area contributed by atoms with Gasteiger partial charge in [0.25, 0.3) is 0 Å². The van der Waals surface area contributed by atoms with Gasteiger partial charge in [-0.3, -0.25) is 0 Å². The van der Waals surface area contributed by atoms with Gasteiger partial charge in [0.15, 0.2) is 0 Å². The molecule has 0 radical (unpaired) electrons. The molecule has 0 spiro atoms. The Hall–Kier alpha value is -0.0400. The van der Waals surface area contributed by atoms with Crippen molar-refractivity contribution in [1.82, 2.24) is 5.32 Å². The minimum Gasteiger partial charge on any atom is -0.315 e. The highest BCUT2D eigenvalue weighted by Gasteiger charge is 2.23. The van der Waals surface area contributed by atoms with Gasteiger partial charge in [0.1, 0.15) is 0 Å². The SMILES string of the molecule is CC1CCCC(C(C)CCNC(C)C)C1. The Morgan fingerprint density at radius 1 is 1.20 bits per heavy atom. The van der Waals surface area contributed by atoms with Gasteiger partial charge in [-0.2, -0.15) is 0 Å². The van der Waals surface area contributed by atoms with E-state index in [1.807, 2.05) is 0 Å². The van der Waals surface area contributed by atoms with Crippen LogP contribution in [0.15, 0.2) is 0 Å². The minimum atomic E-state index is 0.641. The molecule has 0 saturated heterocycles. The van der Waals surface area contributed by atoms with Gasteiger partial charge in [-0.25, -0.2) is 0 Å². The topological polar surface area (TPSA) is 12.0 Å². The summed E-state index contributed by atoms with van der Waals surface area (Å²) in [7, 11) is 0. The molecular weight excluding hydrogens is 182 g/mol. The quantitative estimate of drug-likeness (QED) is 0.728. The zero-order valence-corrected chi connectivity index (χ0v) is 11.1. The molecule has 1 aliphatic rings. The summed E-state index contributed by atoms with van der Waals surface area (Å²) < 4.78 is 0. The van der Waals surface area contributed by atoms with E-state index in [0.29, 0.717) is 6.04 Å². The largest absolute Gasteiger partial charge is 0.315 e. The van der Waals surface area contributed by atoms with Crippen LogP contribution in [0.5, 0.6) is 0 Å². The van der Waals surface area contributed by atoms with Crippen LogP contribution in [0.1, 0.15) is 59.8 Å². The molecule has 0 bridgehead atoms. The van der Waals surface area contributed by atoms with Gasteiger partial charge in [0.2, 0.25) is 0 Å². The van der Waals surface area contributed by atoms with Crippen molar-refractivity contribution >= 4 is 0 Å². The van der Waals surface area contributed by atoms with Crippen molar-refractivity contribution in [1.29, 1.82) is 0 Å². The Labute approximate surface area is 96.0 Å². The van der Waals surface area contributed by atoms with E-state index < -0.39 is 0 Å². The average molecular weight is 211 g/mol. The van der Waals surface area contributed by atoms with Crippen molar-refractivity contribution in [3.8, 4) is 0 Å². The molecule has 1 aliphatic carbocycles. The zero-order chi connectivity index (χ0) is 11.3. The lowest BCUT2D eigenvalue weighted by Gasteiger charge is -2.31. The maximum absolute atomic E-state index is 3.53. The Morgan fingerprint density at radius 3 is 2.53 bits per heavy atom. The smallest absolute Gasteiger partial charge is 0.00103 e. The predicted octanol–water partition coefficient (Wildman–Crippen LogP) is 3.84. The summed E-state index contributed by atoms with van der Waals surface area (Å²) in [5, 5.41) is 3.53. The number of hydrogen-bond acceptors (Lipinski definition) is 1. The molecule has 0 aliphatic heterocycles. The van der Waals surface area contributed by atoms with Gasteiger partial charge in [-0.15, -0.1) is 0 Å². The van der Waals surface area contributed by atoms with Crippen LogP contribution in [0.25, 0.3) is 0 Å². The van der Waals surface area contributed by atoms with Gasteiger partial charge < -0.3 is 5.32 Å². The Balaban J connectivity index is 2.17. The fourth-order valence-corrected chi connectivity index (χ4v) is 2.83. The third-order valence-electron chi connectivity index (χ3n) is 3.93. The summed E-state index contributed by atoms with van der Waals surface area (Å²) in [4.78, 5) is 0. The highest BCUT2D eigenvalue weighted by molar-refractivity contribution is 4.75. The number of hydrogen-bond donors (Lipinski definition) is 1. The zero-order valence-electron chi connectivity index (χ0n) is 11.1. The van der Waals surface area contributed by atoms with Crippen LogP contribution in [0, 0.1) is 17.8 Å². The lowest BCUT2D eigenvalue weighted by atomic mass is 9.75. The summed E-state index contributed by atoms with van der Waals surface area (Å²) in [6.45, 7) is 10.5. The molecule has 15 heavy (non-hydrogen) atoms. The molecule has 0 aromatic rings. The fourth-order valence-electron chi connectivity index (χ4n) is 2.83. The maximum atomic E-state index is 3.53. The molecule has 1 N–H and O–H groups in total. The molecule has 3 unspecified atom stereocenters. The van der Waals surface area contributed by atoms with E-state index in [0.717, 1.165) is 17.8 Å². The average Bonchev–Trinajstić information content (AvgIpc) is 2.17. The monoisotopic (exact) mass is 211 g/mol. The molecule has 0 amide bonds. The van der Waals surface area contributed by atoms with Crippen molar-refractivity contribution in [2.75, 3.05) is 6.54 Å². The van der Waals surface area contributed by atoms with Gasteiger partial charge in [0, 0.05) is 6.04 Å². The first-order chi connectivity index (χ1) is 7.09. The Kier molecular flexibility index (Phi) is 5.66. The summed E-state index contributed by atoms with van der Waals surface area (Å²) in [6, 6.07) is 0.641. The van der Waals surface area contributed by atoms with Crippen molar-refractivity contribution in [2.24, 2.45) is 17.8 Å². The maximum Gasteiger partial charge on any atom is 0.00103 e. The van der Waals surface area contributed by atoms with Crippen molar-refractivity contribution < 1.29 is 0 Å². The molecule has 1 rings (SSSR count). The van der Waals surface area contributed by atoms with Crippen LogP contribution in [0.2, 0.25) is 0 Å². The van der Waals surface area contributed by atoms with E-state index in [2.05, 4.69) is 33.0 Å². The first-order valence-corrected chi connectivity index (χ1v) is 6.83. The van der Waals surface area contributed by atoms with Crippen LogP contribution in [-0.4, -0.2) is 12.6 Å². The van der Waals surface area contributed by atoms with Crippen molar-refractivity contribution in [3.05, 3.63) is 0 Å². The second-order valence-electron chi connectivity index (χ2n) is 5.91. The molecular formula is C14H29N. The number of nitrogens with one attached hydrogen (secondary N) is 1. The molecule has 0 heterocycles. The summed E-state index contributed by atoms with van der Waals surface area (Å²) >= 11 is 0. The van der Waals surface area contributed by atoms with E-state index in [9.17, 15) is 0 Å². The molecule has 1 heteroatoms. The van der Waals surface area contributed by atoms with Gasteiger partial charge in [-0.05, 0) is 37.1 Å². The third kappa shape index (κ3) is 5.01. The first kappa shape index (κ1) is 13.0. The van der Waals surface area contributed by atoms with Crippen LogP contribution in [-0.2, 0) is 0 Å². The molecule has 90 valence electrons. The molecule has 1 fully saturated rings. The van der Waals surface area contributed by atoms with E-state index in [1.54, 1.807) is 0 Å². The van der Waals surface area contributed by atoms with E-state index >= 15 is 0 Å². The first-order valence-electron chi connectivity index (χ1n) is 6.83.